The molecule has 1 fully saturated rings. The van der Waals surface area contributed by atoms with Crippen LogP contribution in [-0.2, 0) is 9.59 Å². The van der Waals surface area contributed by atoms with Gasteiger partial charge in [-0.2, -0.15) is 0 Å². The van der Waals surface area contributed by atoms with E-state index >= 15 is 0 Å². The molecule has 23 heavy (non-hydrogen) atoms. The zero-order valence-corrected chi connectivity index (χ0v) is 13.2. The standard InChI is InChI=1S/C17H22N2O4/c1-11-6-7-12(17(22)23)10-14(11)19-16(21)9-8-15(20)18-13-4-2-3-5-13/h6-7,10,13H,2-5,8-9H2,1H3,(H,18,20)(H,19,21)(H,22,23). The van der Waals surface area contributed by atoms with Crippen molar-refractivity contribution in [2.75, 3.05) is 5.32 Å². The lowest BCUT2D eigenvalue weighted by molar-refractivity contribution is -0.124. The normalized spacial score (nSPS) is 14.5. The highest BCUT2D eigenvalue weighted by atomic mass is 16.4. The first-order valence-electron chi connectivity index (χ1n) is 7.89. The van der Waals surface area contributed by atoms with Gasteiger partial charge in [0.15, 0.2) is 0 Å². The lowest BCUT2D eigenvalue weighted by Crippen LogP contribution is -2.33. The lowest BCUT2D eigenvalue weighted by Gasteiger charge is -2.12. The smallest absolute Gasteiger partial charge is 0.335 e. The fourth-order valence-corrected chi connectivity index (χ4v) is 2.70. The van der Waals surface area contributed by atoms with Crippen LogP contribution in [0, 0.1) is 6.92 Å². The number of nitrogens with one attached hydrogen (secondary N) is 2. The van der Waals surface area contributed by atoms with Gasteiger partial charge >= 0.3 is 5.97 Å². The van der Waals surface area contributed by atoms with Crippen molar-refractivity contribution >= 4 is 23.5 Å². The number of aryl methyl sites for hydroxylation is 1. The zero-order chi connectivity index (χ0) is 16.8. The number of benzene rings is 1. The zero-order valence-electron chi connectivity index (χ0n) is 13.2. The van der Waals surface area contributed by atoms with Crippen molar-refractivity contribution in [1.29, 1.82) is 0 Å². The third-order valence-corrected chi connectivity index (χ3v) is 4.06. The second-order valence-corrected chi connectivity index (χ2v) is 5.93. The number of rotatable bonds is 6. The predicted molar refractivity (Wildman–Crippen MR) is 86.4 cm³/mol. The Balaban J connectivity index is 1.83. The second-order valence-electron chi connectivity index (χ2n) is 5.93. The maximum atomic E-state index is 11.9. The van der Waals surface area contributed by atoms with Crippen LogP contribution in [0.15, 0.2) is 18.2 Å². The third kappa shape index (κ3) is 5.09. The van der Waals surface area contributed by atoms with Gasteiger partial charge in [0.1, 0.15) is 0 Å². The highest BCUT2D eigenvalue weighted by Gasteiger charge is 2.17. The van der Waals surface area contributed by atoms with Gasteiger partial charge < -0.3 is 15.7 Å². The molecule has 0 unspecified atom stereocenters. The molecule has 1 aliphatic carbocycles. The molecule has 0 aliphatic heterocycles. The van der Waals surface area contributed by atoms with Crippen molar-refractivity contribution < 1.29 is 19.5 Å². The maximum Gasteiger partial charge on any atom is 0.335 e. The molecule has 1 aromatic carbocycles. The monoisotopic (exact) mass is 318 g/mol. The van der Waals surface area contributed by atoms with Crippen LogP contribution in [0.1, 0.15) is 54.4 Å². The minimum Gasteiger partial charge on any atom is -0.478 e. The van der Waals surface area contributed by atoms with Crippen molar-refractivity contribution in [1.82, 2.24) is 5.32 Å². The molecule has 0 bridgehead atoms. The Morgan fingerprint density at radius 2 is 1.78 bits per heavy atom. The molecule has 2 rings (SSSR count). The summed E-state index contributed by atoms with van der Waals surface area (Å²) in [5.41, 5.74) is 1.36. The Hall–Kier alpha value is -2.37. The van der Waals surface area contributed by atoms with Gasteiger partial charge in [0, 0.05) is 24.6 Å². The Bertz CT molecular complexity index is 607. The molecule has 0 spiro atoms. The van der Waals surface area contributed by atoms with Crippen LogP contribution in [0.25, 0.3) is 0 Å². The topological polar surface area (TPSA) is 95.5 Å². The van der Waals surface area contributed by atoms with Crippen LogP contribution < -0.4 is 10.6 Å². The number of carboxylic acid groups (broad SMARTS) is 1. The quantitative estimate of drug-likeness (QED) is 0.751. The van der Waals surface area contributed by atoms with E-state index in [9.17, 15) is 14.4 Å². The van der Waals surface area contributed by atoms with E-state index < -0.39 is 5.97 Å². The number of anilines is 1. The Morgan fingerprint density at radius 3 is 2.43 bits per heavy atom. The molecule has 3 N–H and O–H groups in total. The van der Waals surface area contributed by atoms with Gasteiger partial charge in [0.05, 0.1) is 5.56 Å². The fourth-order valence-electron chi connectivity index (χ4n) is 2.70. The second kappa shape index (κ2) is 7.76. The van der Waals surface area contributed by atoms with Crippen LogP contribution in [0.2, 0.25) is 0 Å². The van der Waals surface area contributed by atoms with Crippen molar-refractivity contribution in [2.45, 2.75) is 51.5 Å². The molecule has 1 aromatic rings. The van der Waals surface area contributed by atoms with E-state index in [-0.39, 0.29) is 36.3 Å². The fraction of sp³-hybridized carbons (Fsp3) is 0.471. The van der Waals surface area contributed by atoms with Gasteiger partial charge in [-0.1, -0.05) is 18.9 Å². The molecule has 0 radical (unpaired) electrons. The van der Waals surface area contributed by atoms with E-state index in [0.29, 0.717) is 5.69 Å². The summed E-state index contributed by atoms with van der Waals surface area (Å²) in [7, 11) is 0. The number of carbonyl (C=O) groups excluding carboxylic acids is 2. The molecule has 0 heterocycles. The molecule has 0 atom stereocenters. The van der Waals surface area contributed by atoms with Gasteiger partial charge in [-0.05, 0) is 37.5 Å². The number of carboxylic acids is 1. The Labute approximate surface area is 135 Å². The van der Waals surface area contributed by atoms with Gasteiger partial charge in [-0.25, -0.2) is 4.79 Å². The molecule has 0 saturated heterocycles. The van der Waals surface area contributed by atoms with Crippen LogP contribution in [0.3, 0.4) is 0 Å². The molecule has 1 aliphatic rings. The predicted octanol–water partition coefficient (Wildman–Crippen LogP) is 2.47. The van der Waals surface area contributed by atoms with E-state index in [2.05, 4.69) is 10.6 Å². The number of carbonyl (C=O) groups is 3. The summed E-state index contributed by atoms with van der Waals surface area (Å²) in [6, 6.07) is 4.81. The van der Waals surface area contributed by atoms with Crippen molar-refractivity contribution in [3.8, 4) is 0 Å². The number of hydrogen-bond acceptors (Lipinski definition) is 3. The molecule has 1 saturated carbocycles. The molecule has 2 amide bonds. The van der Waals surface area contributed by atoms with Crippen LogP contribution in [-0.4, -0.2) is 28.9 Å². The van der Waals surface area contributed by atoms with E-state index in [1.807, 2.05) is 0 Å². The number of amides is 2. The largest absolute Gasteiger partial charge is 0.478 e. The lowest BCUT2D eigenvalue weighted by atomic mass is 10.1. The average Bonchev–Trinajstić information content (AvgIpc) is 3.00. The summed E-state index contributed by atoms with van der Waals surface area (Å²) in [6.07, 6.45) is 4.53. The first-order chi connectivity index (χ1) is 11.0. The molecule has 6 nitrogen and oxygen atoms in total. The van der Waals surface area contributed by atoms with E-state index in [4.69, 9.17) is 5.11 Å². The molecule has 0 aromatic heterocycles. The van der Waals surface area contributed by atoms with E-state index in [1.54, 1.807) is 13.0 Å². The van der Waals surface area contributed by atoms with E-state index in [0.717, 1.165) is 31.2 Å². The summed E-state index contributed by atoms with van der Waals surface area (Å²) < 4.78 is 0. The maximum absolute atomic E-state index is 11.9. The molecular formula is C17H22N2O4. The summed E-state index contributed by atoms with van der Waals surface area (Å²) in [4.78, 5) is 34.7. The minimum absolute atomic E-state index is 0.0787. The van der Waals surface area contributed by atoms with Crippen molar-refractivity contribution in [3.05, 3.63) is 29.3 Å². The molecular weight excluding hydrogens is 296 g/mol. The first-order valence-corrected chi connectivity index (χ1v) is 7.89. The number of hydrogen-bond donors (Lipinski definition) is 3. The van der Waals surface area contributed by atoms with Crippen LogP contribution in [0.5, 0.6) is 0 Å². The van der Waals surface area contributed by atoms with Gasteiger partial charge in [-0.15, -0.1) is 0 Å². The van der Waals surface area contributed by atoms with Crippen molar-refractivity contribution in [2.24, 2.45) is 0 Å². The third-order valence-electron chi connectivity index (χ3n) is 4.06. The van der Waals surface area contributed by atoms with Gasteiger partial charge in [0.25, 0.3) is 0 Å². The summed E-state index contributed by atoms with van der Waals surface area (Å²) in [5, 5.41) is 14.6. The first kappa shape index (κ1) is 17.0. The summed E-state index contributed by atoms with van der Waals surface area (Å²) >= 11 is 0. The SMILES string of the molecule is Cc1ccc(C(=O)O)cc1NC(=O)CCC(=O)NC1CCCC1. The van der Waals surface area contributed by atoms with Gasteiger partial charge in [-0.3, -0.25) is 9.59 Å². The van der Waals surface area contributed by atoms with Crippen molar-refractivity contribution in [3.63, 3.8) is 0 Å². The minimum atomic E-state index is -1.04. The highest BCUT2D eigenvalue weighted by molar-refractivity contribution is 5.96. The Kier molecular flexibility index (Phi) is 5.73. The average molecular weight is 318 g/mol. The van der Waals surface area contributed by atoms with Gasteiger partial charge in [0.2, 0.25) is 11.8 Å². The molecule has 6 heteroatoms. The Morgan fingerprint density at radius 1 is 1.13 bits per heavy atom. The number of aromatic carboxylic acids is 1. The highest BCUT2D eigenvalue weighted by Crippen LogP contribution is 2.19. The summed E-state index contributed by atoms with van der Waals surface area (Å²) in [6.45, 7) is 1.79. The van der Waals surface area contributed by atoms with E-state index in [1.165, 1.54) is 12.1 Å². The molecule has 124 valence electrons. The van der Waals surface area contributed by atoms with Crippen LogP contribution >= 0.6 is 0 Å². The summed E-state index contributed by atoms with van der Waals surface area (Å²) in [5.74, 6) is -1.45. The van der Waals surface area contributed by atoms with Crippen LogP contribution in [0.4, 0.5) is 5.69 Å².